The lowest BCUT2D eigenvalue weighted by atomic mass is 9.90. The van der Waals surface area contributed by atoms with Crippen molar-refractivity contribution in [2.24, 2.45) is 0 Å². The minimum atomic E-state index is 0.157. The number of hydrogen-bond donors (Lipinski definition) is 2. The summed E-state index contributed by atoms with van der Waals surface area (Å²) in [6, 6.07) is 6.75. The van der Waals surface area contributed by atoms with Crippen molar-refractivity contribution in [2.75, 3.05) is 40.3 Å². The maximum atomic E-state index is 13.0. The van der Waals surface area contributed by atoms with Crippen LogP contribution in [-0.4, -0.2) is 67.0 Å². The number of aromatic nitrogens is 1. The van der Waals surface area contributed by atoms with Crippen molar-refractivity contribution in [3.63, 3.8) is 0 Å². The molecule has 1 aliphatic carbocycles. The fourth-order valence-electron chi connectivity index (χ4n) is 4.08. The summed E-state index contributed by atoms with van der Waals surface area (Å²) in [4.78, 5) is 20.8. The molecule has 0 spiro atoms. The lowest BCUT2D eigenvalue weighted by molar-refractivity contribution is 0.0737. The Morgan fingerprint density at radius 1 is 1.25 bits per heavy atom. The number of benzene rings is 1. The zero-order valence-electron chi connectivity index (χ0n) is 14.6. The Hall–Kier alpha value is -1.85. The van der Waals surface area contributed by atoms with E-state index in [9.17, 15) is 4.79 Å². The molecule has 1 aromatic carbocycles. The quantitative estimate of drug-likeness (QED) is 0.882. The minimum absolute atomic E-state index is 0.157. The second kappa shape index (κ2) is 6.22. The van der Waals surface area contributed by atoms with Crippen molar-refractivity contribution in [1.82, 2.24) is 20.1 Å². The Labute approximate surface area is 143 Å². The Bertz CT molecular complexity index is 758. The molecule has 0 bridgehead atoms. The predicted octanol–water partition coefficient (Wildman–Crippen LogP) is 1.63. The Morgan fingerprint density at radius 2 is 2.04 bits per heavy atom. The molecule has 2 aromatic rings. The molecule has 1 aliphatic heterocycles. The number of piperazine rings is 1. The molecule has 1 fully saturated rings. The molecule has 0 saturated carbocycles. The summed E-state index contributed by atoms with van der Waals surface area (Å²) in [5.41, 5.74) is 4.59. The van der Waals surface area contributed by atoms with Gasteiger partial charge in [-0.2, -0.15) is 0 Å². The number of nitrogens with one attached hydrogen (secondary N) is 2. The maximum absolute atomic E-state index is 13.0. The van der Waals surface area contributed by atoms with Crippen LogP contribution in [0.3, 0.4) is 0 Å². The van der Waals surface area contributed by atoms with Crippen LogP contribution in [0.25, 0.3) is 10.9 Å². The molecule has 4 rings (SSSR count). The first-order valence-electron chi connectivity index (χ1n) is 8.94. The van der Waals surface area contributed by atoms with E-state index < -0.39 is 0 Å². The van der Waals surface area contributed by atoms with Crippen molar-refractivity contribution in [2.45, 2.75) is 25.3 Å². The molecule has 2 heterocycles. The van der Waals surface area contributed by atoms with Gasteiger partial charge in [-0.05, 0) is 45.0 Å². The van der Waals surface area contributed by atoms with Crippen LogP contribution < -0.4 is 5.32 Å². The molecule has 128 valence electrons. The molecular formula is C19H26N4O. The van der Waals surface area contributed by atoms with E-state index >= 15 is 0 Å². The van der Waals surface area contributed by atoms with Gasteiger partial charge in [0.15, 0.2) is 0 Å². The smallest absolute Gasteiger partial charge is 0.256 e. The first kappa shape index (κ1) is 15.7. The van der Waals surface area contributed by atoms with Crippen LogP contribution in [0.1, 0.15) is 28.0 Å². The maximum Gasteiger partial charge on any atom is 0.256 e. The minimum Gasteiger partial charge on any atom is -0.358 e. The number of amides is 1. The third-order valence-corrected chi connectivity index (χ3v) is 5.56. The van der Waals surface area contributed by atoms with Crippen LogP contribution >= 0.6 is 0 Å². The van der Waals surface area contributed by atoms with E-state index in [1.54, 1.807) is 0 Å². The van der Waals surface area contributed by atoms with Crippen LogP contribution in [0.2, 0.25) is 0 Å². The van der Waals surface area contributed by atoms with Gasteiger partial charge in [0, 0.05) is 43.3 Å². The molecular weight excluding hydrogens is 300 g/mol. The number of H-pyrrole nitrogens is 1. The average molecular weight is 326 g/mol. The molecule has 1 unspecified atom stereocenters. The van der Waals surface area contributed by atoms with Gasteiger partial charge in [-0.1, -0.05) is 12.1 Å². The van der Waals surface area contributed by atoms with Crippen LogP contribution in [0.4, 0.5) is 0 Å². The summed E-state index contributed by atoms with van der Waals surface area (Å²) in [7, 11) is 4.31. The second-order valence-corrected chi connectivity index (χ2v) is 7.21. The van der Waals surface area contributed by atoms with Crippen molar-refractivity contribution >= 4 is 16.8 Å². The van der Waals surface area contributed by atoms with Gasteiger partial charge in [0.2, 0.25) is 0 Å². The number of likely N-dealkylation sites (N-methyl/N-ethyl adjacent to an activating group) is 1. The van der Waals surface area contributed by atoms with Gasteiger partial charge in [0.1, 0.15) is 0 Å². The number of fused-ring (bicyclic) bond motifs is 3. The molecule has 5 nitrogen and oxygen atoms in total. The summed E-state index contributed by atoms with van der Waals surface area (Å²) in [6.45, 7) is 3.34. The number of carbonyl (C=O) groups is 1. The third kappa shape index (κ3) is 2.62. The number of para-hydroxylation sites is 1. The van der Waals surface area contributed by atoms with E-state index in [1.165, 1.54) is 23.1 Å². The second-order valence-electron chi connectivity index (χ2n) is 7.21. The molecule has 2 aliphatic rings. The van der Waals surface area contributed by atoms with Crippen molar-refractivity contribution < 1.29 is 4.79 Å². The molecule has 1 saturated heterocycles. The van der Waals surface area contributed by atoms with E-state index in [0.717, 1.165) is 50.1 Å². The fraction of sp³-hybridized carbons (Fsp3) is 0.526. The van der Waals surface area contributed by atoms with Crippen LogP contribution in [0.15, 0.2) is 18.2 Å². The Balaban J connectivity index is 1.72. The topological polar surface area (TPSA) is 51.4 Å². The Kier molecular flexibility index (Phi) is 4.06. The summed E-state index contributed by atoms with van der Waals surface area (Å²) in [6.07, 6.45) is 3.30. The first-order chi connectivity index (χ1) is 11.6. The standard InChI is InChI=1S/C19H26N4O/c1-22(2)13-6-7-17-16(12-13)14-4-3-5-15(18(14)21-17)19(24)23-10-8-20-9-11-23/h3-5,13,20-21H,6-12H2,1-2H3. The number of nitrogens with zero attached hydrogens (tertiary/aromatic N) is 2. The van der Waals surface area contributed by atoms with Gasteiger partial charge in [-0.3, -0.25) is 4.79 Å². The molecule has 1 atom stereocenters. The van der Waals surface area contributed by atoms with Crippen molar-refractivity contribution in [3.8, 4) is 0 Å². The normalized spacial score (nSPS) is 21.3. The van der Waals surface area contributed by atoms with Crippen molar-refractivity contribution in [1.29, 1.82) is 0 Å². The Morgan fingerprint density at radius 3 is 2.79 bits per heavy atom. The van der Waals surface area contributed by atoms with Crippen LogP contribution in [-0.2, 0) is 12.8 Å². The highest BCUT2D eigenvalue weighted by atomic mass is 16.2. The van der Waals surface area contributed by atoms with E-state index in [0.29, 0.717) is 6.04 Å². The highest BCUT2D eigenvalue weighted by Crippen LogP contribution is 2.32. The van der Waals surface area contributed by atoms with Crippen LogP contribution in [0.5, 0.6) is 0 Å². The van der Waals surface area contributed by atoms with Gasteiger partial charge in [0.05, 0.1) is 11.1 Å². The van der Waals surface area contributed by atoms with Gasteiger partial charge in [-0.25, -0.2) is 0 Å². The SMILES string of the molecule is CN(C)C1CCc2[nH]c3c(C(=O)N4CCNCC4)cccc3c2C1. The summed E-state index contributed by atoms with van der Waals surface area (Å²) in [5.74, 6) is 0.157. The van der Waals surface area contributed by atoms with E-state index in [-0.39, 0.29) is 5.91 Å². The number of rotatable bonds is 2. The van der Waals surface area contributed by atoms with Gasteiger partial charge in [0.25, 0.3) is 5.91 Å². The lowest BCUT2D eigenvalue weighted by Crippen LogP contribution is -2.46. The zero-order valence-corrected chi connectivity index (χ0v) is 14.6. The van der Waals surface area contributed by atoms with Gasteiger partial charge < -0.3 is 20.1 Å². The fourth-order valence-corrected chi connectivity index (χ4v) is 4.08. The molecule has 1 amide bonds. The number of carbonyl (C=O) groups excluding carboxylic acids is 1. The van der Waals surface area contributed by atoms with Gasteiger partial charge in [-0.15, -0.1) is 0 Å². The number of aryl methyl sites for hydroxylation is 1. The third-order valence-electron chi connectivity index (χ3n) is 5.56. The monoisotopic (exact) mass is 326 g/mol. The average Bonchev–Trinajstić information content (AvgIpc) is 2.99. The van der Waals surface area contributed by atoms with E-state index in [4.69, 9.17) is 0 Å². The summed E-state index contributed by atoms with van der Waals surface area (Å²) < 4.78 is 0. The van der Waals surface area contributed by atoms with E-state index in [2.05, 4.69) is 35.4 Å². The molecule has 2 N–H and O–H groups in total. The predicted molar refractivity (Wildman–Crippen MR) is 96.6 cm³/mol. The molecule has 5 heteroatoms. The van der Waals surface area contributed by atoms with Crippen molar-refractivity contribution in [3.05, 3.63) is 35.0 Å². The largest absolute Gasteiger partial charge is 0.358 e. The van der Waals surface area contributed by atoms with Gasteiger partial charge >= 0.3 is 0 Å². The highest BCUT2D eigenvalue weighted by Gasteiger charge is 2.26. The molecule has 1 aromatic heterocycles. The highest BCUT2D eigenvalue weighted by molar-refractivity contribution is 6.06. The first-order valence-corrected chi connectivity index (χ1v) is 8.94. The lowest BCUT2D eigenvalue weighted by Gasteiger charge is -2.28. The summed E-state index contributed by atoms with van der Waals surface area (Å²) in [5, 5.41) is 4.54. The molecule has 0 radical (unpaired) electrons. The zero-order chi connectivity index (χ0) is 16.7. The number of aromatic amines is 1. The van der Waals surface area contributed by atoms with Crippen LogP contribution in [0, 0.1) is 0 Å². The summed E-state index contributed by atoms with van der Waals surface area (Å²) >= 11 is 0. The molecule has 24 heavy (non-hydrogen) atoms. The van der Waals surface area contributed by atoms with E-state index in [1.807, 2.05) is 17.0 Å². The number of hydrogen-bond acceptors (Lipinski definition) is 3.